The molecular weight excluding hydrogens is 688 g/mol. The molecule has 5 aromatic rings. The fourth-order valence-electron chi connectivity index (χ4n) is 5.19. The van der Waals surface area contributed by atoms with Gasteiger partial charge in [-0.15, -0.1) is 11.3 Å². The molecule has 3 aromatic carbocycles. The summed E-state index contributed by atoms with van der Waals surface area (Å²) in [5.41, 5.74) is -4.63. The molecule has 0 radical (unpaired) electrons. The molecule has 0 bridgehead atoms. The highest BCUT2D eigenvalue weighted by atomic mass is 32.2. The van der Waals surface area contributed by atoms with Crippen LogP contribution in [0.4, 0.5) is 36.8 Å². The van der Waals surface area contributed by atoms with Gasteiger partial charge in [0.15, 0.2) is 0 Å². The van der Waals surface area contributed by atoms with Gasteiger partial charge in [-0.2, -0.15) is 26.3 Å². The molecule has 9 nitrogen and oxygen atoms in total. The number of carboxylic acid groups (broad SMARTS) is 1. The summed E-state index contributed by atoms with van der Waals surface area (Å²) < 4.78 is 95.5. The topological polar surface area (TPSA) is 134 Å². The zero-order valence-corrected chi connectivity index (χ0v) is 25.7. The van der Waals surface area contributed by atoms with Crippen LogP contribution < -0.4 is 10.2 Å². The molecule has 3 heterocycles. The Morgan fingerprint density at radius 2 is 1.44 bits per heavy atom. The van der Waals surface area contributed by atoms with Gasteiger partial charge in [-0.1, -0.05) is 36.4 Å². The normalized spacial score (nSPS) is 16.9. The number of aliphatic carboxylic acids is 1. The van der Waals surface area contributed by atoms with E-state index >= 15 is 0 Å². The van der Waals surface area contributed by atoms with Crippen LogP contribution in [0.2, 0.25) is 0 Å². The minimum absolute atomic E-state index is 0.0507. The largest absolute Gasteiger partial charge is 0.501 e. The van der Waals surface area contributed by atoms with Crippen molar-refractivity contribution in [3.63, 3.8) is 0 Å². The number of alkyl halides is 6. The lowest BCUT2D eigenvalue weighted by molar-refractivity contribution is -0.192. The number of benzene rings is 3. The molecule has 2 N–H and O–H groups in total. The molecule has 0 aliphatic carbocycles. The van der Waals surface area contributed by atoms with Crippen molar-refractivity contribution < 1.29 is 54.3 Å². The number of rotatable bonds is 6. The van der Waals surface area contributed by atoms with Crippen molar-refractivity contribution in [2.24, 2.45) is 0 Å². The third-order valence-electron chi connectivity index (χ3n) is 7.40. The number of hydrogen-bond donors (Lipinski definition) is 2. The number of thiophene rings is 1. The molecule has 0 spiro atoms. The predicted octanol–water partition coefficient (Wildman–Crippen LogP) is 6.66. The first kappa shape index (κ1) is 34.3. The number of amides is 3. The number of sulfone groups is 1. The van der Waals surface area contributed by atoms with Crippen molar-refractivity contribution in [3.05, 3.63) is 102 Å². The number of imide groups is 1. The van der Waals surface area contributed by atoms with Gasteiger partial charge in [0.25, 0.3) is 15.7 Å². The van der Waals surface area contributed by atoms with Gasteiger partial charge in [-0.3, -0.25) is 9.78 Å². The monoisotopic (exact) mass is 709 g/mol. The summed E-state index contributed by atoms with van der Waals surface area (Å²) in [6, 6.07) is 19.7. The van der Waals surface area contributed by atoms with Crippen molar-refractivity contribution in [3.8, 4) is 0 Å². The van der Waals surface area contributed by atoms with Crippen LogP contribution in [0.3, 0.4) is 0 Å². The summed E-state index contributed by atoms with van der Waals surface area (Å²) in [7, 11) is -5.59. The van der Waals surface area contributed by atoms with Crippen molar-refractivity contribution >= 4 is 65.8 Å². The first-order valence-electron chi connectivity index (χ1n) is 13.6. The number of carbonyl (C=O) groups excluding carboxylic acids is 2. The number of anilines is 1. The fraction of sp³-hybridized carbons (Fsp3) is 0.161. The minimum atomic E-state index is -5.59. The maximum atomic E-state index is 14.2. The zero-order chi connectivity index (χ0) is 35.1. The Balaban J connectivity index is 0.000000582. The highest BCUT2D eigenvalue weighted by Gasteiger charge is 2.52. The Labute approximate surface area is 271 Å². The highest BCUT2D eigenvalue weighted by molar-refractivity contribution is 7.92. The number of halogens is 6. The number of para-hydroxylation sites is 1. The Kier molecular flexibility index (Phi) is 8.96. The lowest BCUT2D eigenvalue weighted by Crippen LogP contribution is -2.51. The summed E-state index contributed by atoms with van der Waals surface area (Å²) >= 11 is 1.51. The van der Waals surface area contributed by atoms with Crippen molar-refractivity contribution in [1.29, 1.82) is 0 Å². The van der Waals surface area contributed by atoms with Crippen LogP contribution in [-0.4, -0.2) is 53.6 Å². The predicted molar refractivity (Wildman–Crippen MR) is 163 cm³/mol. The Morgan fingerprint density at radius 3 is 2.06 bits per heavy atom. The molecule has 1 aliphatic rings. The molecule has 1 atom stereocenters. The maximum absolute atomic E-state index is 14.2. The second-order valence-electron chi connectivity index (χ2n) is 10.5. The van der Waals surface area contributed by atoms with E-state index in [1.54, 1.807) is 12.3 Å². The molecule has 1 saturated heterocycles. The SMILES string of the molecule is O=C(O)C(F)(F)F.O=C1N[C@](Cc2ccnc3ccccc23)(Cc2csc3ccccc23)C(=O)N1c1ccc(S(=O)(=O)C(F)(F)F)cc1. The number of fused-ring (bicyclic) bond motifs is 2. The van der Waals surface area contributed by atoms with Gasteiger partial charge in [0.2, 0.25) is 0 Å². The van der Waals surface area contributed by atoms with E-state index < -0.39 is 49.9 Å². The first-order valence-corrected chi connectivity index (χ1v) is 16.0. The van der Waals surface area contributed by atoms with Crippen LogP contribution in [-0.2, 0) is 32.3 Å². The molecule has 6 rings (SSSR count). The van der Waals surface area contributed by atoms with E-state index in [9.17, 15) is 44.3 Å². The average molecular weight is 710 g/mol. The number of aromatic nitrogens is 1. The fourth-order valence-corrected chi connectivity index (χ4v) is 6.92. The van der Waals surface area contributed by atoms with E-state index in [1.807, 2.05) is 53.9 Å². The van der Waals surface area contributed by atoms with E-state index in [2.05, 4.69) is 10.3 Å². The number of carboxylic acids is 1. The van der Waals surface area contributed by atoms with Crippen LogP contribution in [0.15, 0.2) is 95.3 Å². The lowest BCUT2D eigenvalue weighted by atomic mass is 9.83. The van der Waals surface area contributed by atoms with Gasteiger partial charge in [0, 0.05) is 29.1 Å². The van der Waals surface area contributed by atoms with Crippen molar-refractivity contribution in [2.75, 3.05) is 4.90 Å². The van der Waals surface area contributed by atoms with E-state index in [1.165, 1.54) is 11.3 Å². The molecule has 48 heavy (non-hydrogen) atoms. The Morgan fingerprint density at radius 1 is 0.854 bits per heavy atom. The number of pyridine rings is 1. The van der Waals surface area contributed by atoms with Gasteiger partial charge < -0.3 is 10.4 Å². The van der Waals surface area contributed by atoms with Crippen molar-refractivity contribution in [2.45, 2.75) is 35.0 Å². The molecule has 0 unspecified atom stereocenters. The van der Waals surface area contributed by atoms with E-state index in [4.69, 9.17) is 9.90 Å². The summed E-state index contributed by atoms with van der Waals surface area (Å²) in [6.07, 6.45) is -3.19. The number of hydrogen-bond acceptors (Lipinski definition) is 7. The molecule has 1 aliphatic heterocycles. The molecule has 0 saturated carbocycles. The Bertz CT molecular complexity index is 2140. The second-order valence-corrected chi connectivity index (χ2v) is 13.3. The molecule has 17 heteroatoms. The van der Waals surface area contributed by atoms with Crippen LogP contribution in [0, 0.1) is 0 Å². The number of nitrogens with one attached hydrogen (secondary N) is 1. The second kappa shape index (κ2) is 12.5. The number of urea groups is 1. The molecule has 3 amide bonds. The third kappa shape index (κ3) is 6.55. The van der Waals surface area contributed by atoms with E-state index in [-0.39, 0.29) is 18.5 Å². The minimum Gasteiger partial charge on any atom is -0.475 e. The molecule has 250 valence electrons. The van der Waals surface area contributed by atoms with Gasteiger partial charge in [-0.05, 0) is 64.4 Å². The van der Waals surface area contributed by atoms with Crippen molar-refractivity contribution in [1.82, 2.24) is 10.3 Å². The van der Waals surface area contributed by atoms with Gasteiger partial charge in [0.1, 0.15) is 5.54 Å². The van der Waals surface area contributed by atoms with Crippen LogP contribution in [0.25, 0.3) is 21.0 Å². The number of carbonyl (C=O) groups is 3. The molecular formula is C31H21F6N3O6S2. The van der Waals surface area contributed by atoms with Crippen LogP contribution >= 0.6 is 11.3 Å². The summed E-state index contributed by atoms with van der Waals surface area (Å²) in [5.74, 6) is -3.36. The van der Waals surface area contributed by atoms with Crippen LogP contribution in [0.5, 0.6) is 0 Å². The van der Waals surface area contributed by atoms with Gasteiger partial charge >= 0.3 is 23.7 Å². The third-order valence-corrected chi connectivity index (χ3v) is 9.91. The maximum Gasteiger partial charge on any atom is 0.501 e. The van der Waals surface area contributed by atoms with Gasteiger partial charge in [0.05, 0.1) is 16.1 Å². The molecule has 2 aromatic heterocycles. The molecule has 1 fully saturated rings. The quantitative estimate of drug-likeness (QED) is 0.149. The van der Waals surface area contributed by atoms with E-state index in [0.29, 0.717) is 0 Å². The average Bonchev–Trinajstić information content (AvgIpc) is 3.53. The smallest absolute Gasteiger partial charge is 0.475 e. The van der Waals surface area contributed by atoms with Crippen LogP contribution in [0.1, 0.15) is 11.1 Å². The summed E-state index contributed by atoms with van der Waals surface area (Å²) in [6.45, 7) is 0. The Hall–Kier alpha value is -5.03. The number of nitrogens with zero attached hydrogens (tertiary/aromatic N) is 2. The standard InChI is InChI=1S/C29H20F3N3O4S2.C2HF3O2/c30-29(31,32)41(38,39)21-11-9-20(10-12-21)35-26(36)28(34-27(35)37,16-19-17-40-25-8-4-2-6-23(19)25)15-18-13-14-33-24-7-3-1-5-22(18)24;3-2(4,5)1(6)7/h1-14,17H,15-16H2,(H,34,37);(H,6,7)/t28-;/m1./s1. The summed E-state index contributed by atoms with van der Waals surface area (Å²) in [5, 5.41) is 13.7. The van der Waals surface area contributed by atoms with E-state index in [0.717, 1.165) is 61.3 Å². The van der Waals surface area contributed by atoms with Gasteiger partial charge in [-0.25, -0.2) is 22.9 Å². The highest BCUT2D eigenvalue weighted by Crippen LogP contribution is 2.37. The zero-order valence-electron chi connectivity index (χ0n) is 24.0. The lowest BCUT2D eigenvalue weighted by Gasteiger charge is -2.27. The summed E-state index contributed by atoms with van der Waals surface area (Å²) in [4.78, 5) is 40.7. The first-order chi connectivity index (χ1) is 22.4.